The number of carbonyl (C=O) groups excluding carboxylic acids is 1. The van der Waals surface area contributed by atoms with Gasteiger partial charge in [-0.25, -0.2) is 0 Å². The first-order chi connectivity index (χ1) is 14.2. The Hall–Kier alpha value is -3.36. The number of nitrogens with one attached hydrogen (secondary N) is 1. The molecule has 0 fully saturated rings. The lowest BCUT2D eigenvalue weighted by molar-refractivity contribution is -0.117. The van der Waals surface area contributed by atoms with E-state index in [1.165, 1.54) is 0 Å². The van der Waals surface area contributed by atoms with Crippen molar-refractivity contribution in [2.75, 3.05) is 0 Å². The van der Waals surface area contributed by atoms with Crippen molar-refractivity contribution in [2.24, 2.45) is 0 Å². The number of amides is 1. The number of nitriles is 1. The summed E-state index contributed by atoms with van der Waals surface area (Å²) in [6, 6.07) is 26.9. The molecule has 3 rings (SSSR count). The summed E-state index contributed by atoms with van der Waals surface area (Å²) in [5.41, 5.74) is 2.83. The fourth-order valence-corrected chi connectivity index (χ4v) is 3.16. The van der Waals surface area contributed by atoms with E-state index in [0.29, 0.717) is 18.9 Å². The molecule has 4 nitrogen and oxygen atoms in total. The highest BCUT2D eigenvalue weighted by Crippen LogP contribution is 2.27. The van der Waals surface area contributed by atoms with Gasteiger partial charge in [-0.1, -0.05) is 66.7 Å². The first kappa shape index (κ1) is 20.4. The summed E-state index contributed by atoms with van der Waals surface area (Å²) in [5.74, 6) is 0.287. The summed E-state index contributed by atoms with van der Waals surface area (Å²) in [6.45, 7) is 0.828. The number of hydrogen-bond donors (Lipinski definition) is 1. The van der Waals surface area contributed by atoms with Crippen LogP contribution in [0.15, 0.2) is 88.9 Å². The molecule has 29 heavy (non-hydrogen) atoms. The van der Waals surface area contributed by atoms with Gasteiger partial charge in [-0.05, 0) is 50.8 Å². The molecule has 144 valence electrons. The van der Waals surface area contributed by atoms with Crippen LogP contribution in [0.25, 0.3) is 6.08 Å². The quantitative estimate of drug-likeness (QED) is 0.398. The molecular weight excluding hydrogens is 428 g/mol. The van der Waals surface area contributed by atoms with Crippen molar-refractivity contribution in [3.05, 3.63) is 106 Å². The van der Waals surface area contributed by atoms with Gasteiger partial charge in [0, 0.05) is 6.54 Å². The first-order valence-corrected chi connectivity index (χ1v) is 9.85. The molecule has 0 saturated carbocycles. The molecule has 0 radical (unpaired) electrons. The van der Waals surface area contributed by atoms with Crippen LogP contribution in [0, 0.1) is 11.3 Å². The molecule has 1 N–H and O–H groups in total. The second-order valence-electron chi connectivity index (χ2n) is 6.30. The van der Waals surface area contributed by atoms with Crippen LogP contribution in [0.4, 0.5) is 0 Å². The molecule has 5 heteroatoms. The monoisotopic (exact) mass is 446 g/mol. The highest BCUT2D eigenvalue weighted by molar-refractivity contribution is 9.10. The van der Waals surface area contributed by atoms with Crippen LogP contribution >= 0.6 is 15.9 Å². The second-order valence-corrected chi connectivity index (χ2v) is 7.16. The van der Waals surface area contributed by atoms with Crippen LogP contribution in [-0.2, 0) is 17.9 Å². The maximum absolute atomic E-state index is 12.3. The minimum atomic E-state index is -0.406. The van der Waals surface area contributed by atoms with E-state index in [9.17, 15) is 10.1 Å². The molecule has 0 atom stereocenters. The van der Waals surface area contributed by atoms with E-state index < -0.39 is 5.91 Å². The average molecular weight is 447 g/mol. The first-order valence-electron chi connectivity index (χ1n) is 9.06. The van der Waals surface area contributed by atoms with Gasteiger partial charge in [0.1, 0.15) is 24.0 Å². The SMILES string of the molecule is N#C/C(=C\c1ccc(OCc2ccccc2)c(Br)c1)C(=O)NCc1ccccc1. The van der Waals surface area contributed by atoms with Crippen molar-refractivity contribution in [3.63, 3.8) is 0 Å². The number of benzene rings is 3. The third kappa shape index (κ3) is 6.06. The van der Waals surface area contributed by atoms with E-state index >= 15 is 0 Å². The summed E-state index contributed by atoms with van der Waals surface area (Å²) in [5, 5.41) is 12.1. The molecule has 0 bridgehead atoms. The smallest absolute Gasteiger partial charge is 0.262 e. The molecule has 0 aliphatic heterocycles. The zero-order chi connectivity index (χ0) is 20.5. The van der Waals surface area contributed by atoms with Gasteiger partial charge in [-0.2, -0.15) is 5.26 Å². The lowest BCUT2D eigenvalue weighted by atomic mass is 10.1. The van der Waals surface area contributed by atoms with Crippen LogP contribution < -0.4 is 10.1 Å². The zero-order valence-corrected chi connectivity index (χ0v) is 17.2. The molecule has 1 amide bonds. The molecule has 0 unspecified atom stereocenters. The van der Waals surface area contributed by atoms with Crippen molar-refractivity contribution >= 4 is 27.9 Å². The van der Waals surface area contributed by atoms with Crippen LogP contribution in [-0.4, -0.2) is 5.91 Å². The fourth-order valence-electron chi connectivity index (χ4n) is 2.65. The second kappa shape index (κ2) is 10.3. The number of ether oxygens (including phenoxy) is 1. The average Bonchev–Trinajstić information content (AvgIpc) is 2.76. The zero-order valence-electron chi connectivity index (χ0n) is 15.6. The van der Waals surface area contributed by atoms with E-state index in [1.54, 1.807) is 6.08 Å². The Labute approximate surface area is 178 Å². The van der Waals surface area contributed by atoms with Crippen molar-refractivity contribution in [2.45, 2.75) is 13.2 Å². The van der Waals surface area contributed by atoms with Crippen LogP contribution in [0.5, 0.6) is 5.75 Å². The molecule has 3 aromatic rings. The van der Waals surface area contributed by atoms with Gasteiger partial charge in [0.25, 0.3) is 5.91 Å². The van der Waals surface area contributed by atoms with Crippen molar-refractivity contribution in [1.82, 2.24) is 5.32 Å². The maximum Gasteiger partial charge on any atom is 0.262 e. The van der Waals surface area contributed by atoms with Crippen LogP contribution in [0.3, 0.4) is 0 Å². The van der Waals surface area contributed by atoms with Crippen LogP contribution in [0.1, 0.15) is 16.7 Å². The Bertz CT molecular complexity index is 1040. The molecule has 0 aromatic heterocycles. The highest BCUT2D eigenvalue weighted by Gasteiger charge is 2.10. The Balaban J connectivity index is 1.65. The van der Waals surface area contributed by atoms with Gasteiger partial charge >= 0.3 is 0 Å². The third-order valence-electron chi connectivity index (χ3n) is 4.17. The summed E-state index contributed by atoms with van der Waals surface area (Å²) >= 11 is 3.49. The Kier molecular flexibility index (Phi) is 7.21. The minimum Gasteiger partial charge on any atom is -0.488 e. The van der Waals surface area contributed by atoms with E-state index in [1.807, 2.05) is 84.9 Å². The number of halogens is 1. The molecule has 0 aliphatic carbocycles. The largest absolute Gasteiger partial charge is 0.488 e. The Morgan fingerprint density at radius 2 is 1.66 bits per heavy atom. The number of hydrogen-bond acceptors (Lipinski definition) is 3. The summed E-state index contributed by atoms with van der Waals surface area (Å²) < 4.78 is 6.59. The van der Waals surface area contributed by atoms with Gasteiger partial charge in [-0.15, -0.1) is 0 Å². The lowest BCUT2D eigenvalue weighted by Gasteiger charge is -2.09. The maximum atomic E-state index is 12.3. The van der Waals surface area contributed by atoms with E-state index in [4.69, 9.17) is 4.74 Å². The van der Waals surface area contributed by atoms with Gasteiger partial charge in [-0.3, -0.25) is 4.79 Å². The van der Waals surface area contributed by atoms with E-state index in [2.05, 4.69) is 21.2 Å². The lowest BCUT2D eigenvalue weighted by Crippen LogP contribution is -2.23. The third-order valence-corrected chi connectivity index (χ3v) is 4.78. The highest BCUT2D eigenvalue weighted by atomic mass is 79.9. The molecule has 0 aliphatic rings. The molecule has 3 aromatic carbocycles. The van der Waals surface area contributed by atoms with E-state index in [-0.39, 0.29) is 5.57 Å². The Morgan fingerprint density at radius 3 is 2.28 bits per heavy atom. The topological polar surface area (TPSA) is 62.1 Å². The van der Waals surface area contributed by atoms with Crippen molar-refractivity contribution in [1.29, 1.82) is 5.26 Å². The molecule has 0 heterocycles. The predicted octanol–water partition coefficient (Wildman–Crippen LogP) is 5.25. The standard InChI is InChI=1S/C24H19BrN2O2/c25-22-14-20(11-12-23(22)29-17-19-9-5-2-6-10-19)13-21(15-26)24(28)27-16-18-7-3-1-4-8-18/h1-14H,16-17H2,(H,27,28)/b21-13+. The molecule has 0 spiro atoms. The minimum absolute atomic E-state index is 0.0470. The van der Waals surface area contributed by atoms with Gasteiger partial charge in [0.2, 0.25) is 0 Å². The molecular formula is C24H19BrN2O2. The van der Waals surface area contributed by atoms with Crippen molar-refractivity contribution in [3.8, 4) is 11.8 Å². The Morgan fingerprint density at radius 1 is 1.00 bits per heavy atom. The predicted molar refractivity (Wildman–Crippen MR) is 117 cm³/mol. The normalized spacial score (nSPS) is 10.8. The number of nitrogens with zero attached hydrogens (tertiary/aromatic N) is 1. The summed E-state index contributed by atoms with van der Waals surface area (Å²) in [6.07, 6.45) is 1.56. The fraction of sp³-hybridized carbons (Fsp3) is 0.0833. The van der Waals surface area contributed by atoms with Gasteiger partial charge < -0.3 is 10.1 Å². The van der Waals surface area contributed by atoms with Gasteiger partial charge in [0.15, 0.2) is 0 Å². The number of rotatable bonds is 7. The number of carbonyl (C=O) groups is 1. The van der Waals surface area contributed by atoms with E-state index in [0.717, 1.165) is 21.2 Å². The molecule has 0 saturated heterocycles. The summed E-state index contributed by atoms with van der Waals surface area (Å²) in [4.78, 5) is 12.3. The van der Waals surface area contributed by atoms with Crippen molar-refractivity contribution < 1.29 is 9.53 Å². The van der Waals surface area contributed by atoms with Gasteiger partial charge in [0.05, 0.1) is 4.47 Å². The van der Waals surface area contributed by atoms with Crippen LogP contribution in [0.2, 0.25) is 0 Å². The summed E-state index contributed by atoms with van der Waals surface area (Å²) in [7, 11) is 0.